The highest BCUT2D eigenvalue weighted by Gasteiger charge is 2.25. The van der Waals surface area contributed by atoms with Crippen molar-refractivity contribution in [2.24, 2.45) is 0 Å². The standard InChI is InChI=1S/C22H26N2O3S/c25-22(23-15-12-19-6-2-3-7-21(19)16-23)20-10-8-18(9-11-20)17-28(26,27)24-13-4-1-5-14-24/h2-3,6-11H,1,4-5,12-17H2. The molecule has 1 amide bonds. The van der Waals surface area contributed by atoms with Gasteiger partial charge < -0.3 is 4.90 Å². The molecule has 0 N–H and O–H groups in total. The zero-order chi connectivity index (χ0) is 19.6. The summed E-state index contributed by atoms with van der Waals surface area (Å²) in [6, 6.07) is 15.3. The molecule has 0 aliphatic carbocycles. The van der Waals surface area contributed by atoms with Crippen LogP contribution >= 0.6 is 0 Å². The van der Waals surface area contributed by atoms with E-state index in [0.29, 0.717) is 31.7 Å². The van der Waals surface area contributed by atoms with E-state index in [-0.39, 0.29) is 11.7 Å². The number of piperidine rings is 1. The van der Waals surface area contributed by atoms with Gasteiger partial charge in [0.25, 0.3) is 5.91 Å². The van der Waals surface area contributed by atoms with E-state index >= 15 is 0 Å². The summed E-state index contributed by atoms with van der Waals surface area (Å²) in [6.45, 7) is 2.58. The number of fused-ring (bicyclic) bond motifs is 1. The Morgan fingerprint density at radius 3 is 2.25 bits per heavy atom. The molecule has 5 nitrogen and oxygen atoms in total. The summed E-state index contributed by atoms with van der Waals surface area (Å²) in [5, 5.41) is 0. The van der Waals surface area contributed by atoms with E-state index in [1.807, 2.05) is 17.0 Å². The van der Waals surface area contributed by atoms with Crippen LogP contribution in [0.3, 0.4) is 0 Å². The van der Waals surface area contributed by atoms with Gasteiger partial charge in [-0.1, -0.05) is 42.8 Å². The van der Waals surface area contributed by atoms with E-state index in [1.54, 1.807) is 28.6 Å². The lowest BCUT2D eigenvalue weighted by Gasteiger charge is -2.29. The first kappa shape index (κ1) is 19.2. The summed E-state index contributed by atoms with van der Waals surface area (Å²) in [5.74, 6) is -0.00148. The summed E-state index contributed by atoms with van der Waals surface area (Å²) in [4.78, 5) is 14.7. The molecule has 0 radical (unpaired) electrons. The van der Waals surface area contributed by atoms with Crippen molar-refractivity contribution in [2.75, 3.05) is 19.6 Å². The van der Waals surface area contributed by atoms with Gasteiger partial charge >= 0.3 is 0 Å². The SMILES string of the molecule is O=C(c1ccc(CS(=O)(=O)N2CCCCC2)cc1)N1CCc2ccccc2C1. The normalized spacial score (nSPS) is 17.9. The molecule has 2 heterocycles. The van der Waals surface area contributed by atoms with Gasteiger partial charge in [-0.25, -0.2) is 12.7 Å². The number of rotatable bonds is 4. The van der Waals surface area contributed by atoms with E-state index in [1.165, 1.54) is 11.1 Å². The Morgan fingerprint density at radius 2 is 1.54 bits per heavy atom. The molecule has 2 aliphatic heterocycles. The number of benzene rings is 2. The van der Waals surface area contributed by atoms with Crippen molar-refractivity contribution in [1.82, 2.24) is 9.21 Å². The molecule has 0 aromatic heterocycles. The van der Waals surface area contributed by atoms with Crippen LogP contribution in [0.2, 0.25) is 0 Å². The maximum Gasteiger partial charge on any atom is 0.254 e. The van der Waals surface area contributed by atoms with Gasteiger partial charge in [-0.3, -0.25) is 4.79 Å². The van der Waals surface area contributed by atoms with Gasteiger partial charge in [0.15, 0.2) is 0 Å². The quantitative estimate of drug-likeness (QED) is 0.795. The fraction of sp³-hybridized carbons (Fsp3) is 0.409. The van der Waals surface area contributed by atoms with Crippen LogP contribution in [0.4, 0.5) is 0 Å². The van der Waals surface area contributed by atoms with Gasteiger partial charge in [0, 0.05) is 31.7 Å². The molecule has 148 valence electrons. The van der Waals surface area contributed by atoms with Crippen molar-refractivity contribution >= 4 is 15.9 Å². The first-order valence-electron chi connectivity index (χ1n) is 9.96. The maximum atomic E-state index is 12.9. The van der Waals surface area contributed by atoms with Crippen molar-refractivity contribution in [2.45, 2.75) is 38.0 Å². The predicted molar refractivity (Wildman–Crippen MR) is 109 cm³/mol. The first-order chi connectivity index (χ1) is 13.5. The summed E-state index contributed by atoms with van der Waals surface area (Å²) in [5.41, 5.74) is 3.85. The second-order valence-electron chi connectivity index (χ2n) is 7.66. The monoisotopic (exact) mass is 398 g/mol. The second-order valence-corrected chi connectivity index (χ2v) is 9.63. The number of hydrogen-bond donors (Lipinski definition) is 0. The zero-order valence-electron chi connectivity index (χ0n) is 16.0. The van der Waals surface area contributed by atoms with E-state index < -0.39 is 10.0 Å². The maximum absolute atomic E-state index is 12.9. The molecule has 0 saturated carbocycles. The zero-order valence-corrected chi connectivity index (χ0v) is 16.8. The number of hydrogen-bond acceptors (Lipinski definition) is 3. The molecule has 1 saturated heterocycles. The van der Waals surface area contributed by atoms with Crippen LogP contribution in [0.5, 0.6) is 0 Å². The Bertz CT molecular complexity index is 948. The first-order valence-corrected chi connectivity index (χ1v) is 11.6. The van der Waals surface area contributed by atoms with Crippen molar-refractivity contribution in [3.63, 3.8) is 0 Å². The second kappa shape index (κ2) is 8.05. The van der Waals surface area contributed by atoms with Gasteiger partial charge in [-0.05, 0) is 48.1 Å². The topological polar surface area (TPSA) is 57.7 Å². The third-order valence-electron chi connectivity index (χ3n) is 5.68. The lowest BCUT2D eigenvalue weighted by Crippen LogP contribution is -2.36. The Hall–Kier alpha value is -2.18. The van der Waals surface area contributed by atoms with Crippen LogP contribution in [-0.4, -0.2) is 43.2 Å². The number of sulfonamides is 1. The fourth-order valence-electron chi connectivity index (χ4n) is 4.04. The lowest BCUT2D eigenvalue weighted by molar-refractivity contribution is 0.0734. The number of carbonyl (C=O) groups excluding carboxylic acids is 1. The molecule has 2 aromatic rings. The van der Waals surface area contributed by atoms with Gasteiger partial charge in [0.1, 0.15) is 0 Å². The molecule has 4 rings (SSSR count). The lowest BCUT2D eigenvalue weighted by atomic mass is 9.99. The van der Waals surface area contributed by atoms with Crippen LogP contribution in [0.25, 0.3) is 0 Å². The van der Waals surface area contributed by atoms with E-state index in [4.69, 9.17) is 0 Å². The van der Waals surface area contributed by atoms with Gasteiger partial charge in [0.2, 0.25) is 10.0 Å². The predicted octanol–water partition coefficient (Wildman–Crippen LogP) is 3.20. The highest BCUT2D eigenvalue weighted by molar-refractivity contribution is 7.88. The molecule has 28 heavy (non-hydrogen) atoms. The fourth-order valence-corrected chi connectivity index (χ4v) is 5.65. The molecule has 2 aliphatic rings. The number of carbonyl (C=O) groups is 1. The van der Waals surface area contributed by atoms with Gasteiger partial charge in [-0.2, -0.15) is 0 Å². The number of amides is 1. The molecule has 6 heteroatoms. The smallest absolute Gasteiger partial charge is 0.254 e. The van der Waals surface area contributed by atoms with Crippen LogP contribution in [0, 0.1) is 0 Å². The van der Waals surface area contributed by atoms with E-state index in [9.17, 15) is 13.2 Å². The van der Waals surface area contributed by atoms with Crippen LogP contribution in [-0.2, 0) is 28.7 Å². The average molecular weight is 399 g/mol. The minimum absolute atomic E-state index is 0.0000549. The minimum atomic E-state index is -3.29. The third kappa shape index (κ3) is 4.13. The van der Waals surface area contributed by atoms with Crippen molar-refractivity contribution in [1.29, 1.82) is 0 Å². The third-order valence-corrected chi connectivity index (χ3v) is 7.53. The minimum Gasteiger partial charge on any atom is -0.334 e. The summed E-state index contributed by atoms with van der Waals surface area (Å²) >= 11 is 0. The van der Waals surface area contributed by atoms with Gasteiger partial charge in [0.05, 0.1) is 5.75 Å². The molecular weight excluding hydrogens is 372 g/mol. The van der Waals surface area contributed by atoms with E-state index in [2.05, 4.69) is 12.1 Å². The Morgan fingerprint density at radius 1 is 0.857 bits per heavy atom. The Labute approximate surface area is 167 Å². The molecule has 0 bridgehead atoms. The molecule has 0 atom stereocenters. The average Bonchev–Trinajstić information content (AvgIpc) is 2.74. The van der Waals surface area contributed by atoms with Crippen LogP contribution in [0.15, 0.2) is 48.5 Å². The van der Waals surface area contributed by atoms with Crippen LogP contribution < -0.4 is 0 Å². The van der Waals surface area contributed by atoms with Crippen molar-refractivity contribution < 1.29 is 13.2 Å². The molecule has 1 fully saturated rings. The summed E-state index contributed by atoms with van der Waals surface area (Å²) < 4.78 is 26.8. The Kier molecular flexibility index (Phi) is 5.51. The molecule has 0 unspecified atom stereocenters. The largest absolute Gasteiger partial charge is 0.334 e. The van der Waals surface area contributed by atoms with Crippen molar-refractivity contribution in [3.05, 3.63) is 70.8 Å². The van der Waals surface area contributed by atoms with Crippen LogP contribution in [0.1, 0.15) is 46.3 Å². The van der Waals surface area contributed by atoms with Crippen molar-refractivity contribution in [3.8, 4) is 0 Å². The molecule has 0 spiro atoms. The van der Waals surface area contributed by atoms with E-state index in [0.717, 1.165) is 31.2 Å². The Balaban J connectivity index is 1.42. The summed E-state index contributed by atoms with van der Waals surface area (Å²) in [7, 11) is -3.29. The molecular formula is C22H26N2O3S. The molecule has 2 aromatic carbocycles. The summed E-state index contributed by atoms with van der Waals surface area (Å²) in [6.07, 6.45) is 3.84. The highest BCUT2D eigenvalue weighted by atomic mass is 32.2. The number of nitrogens with zero attached hydrogens (tertiary/aromatic N) is 2. The highest BCUT2D eigenvalue weighted by Crippen LogP contribution is 2.21. The van der Waals surface area contributed by atoms with Gasteiger partial charge in [-0.15, -0.1) is 0 Å².